The molecule has 0 amide bonds. The molecule has 0 aromatic heterocycles. The molecule has 2 unspecified atom stereocenters. The largest absolute Gasteiger partial charge is 0.384 e. The van der Waals surface area contributed by atoms with E-state index in [1.807, 2.05) is 6.92 Å². The maximum absolute atomic E-state index is 11.9. The van der Waals surface area contributed by atoms with Crippen molar-refractivity contribution in [1.82, 2.24) is 4.31 Å². The lowest BCUT2D eigenvalue weighted by atomic mass is 10.0. The quantitative estimate of drug-likeness (QED) is 0.707. The molecule has 0 aromatic rings. The molecule has 2 N–H and O–H groups in total. The highest BCUT2D eigenvalue weighted by atomic mass is 32.2. The van der Waals surface area contributed by atoms with Gasteiger partial charge in [0.2, 0.25) is 10.0 Å². The van der Waals surface area contributed by atoms with E-state index in [0.29, 0.717) is 19.0 Å². The van der Waals surface area contributed by atoms with Crippen LogP contribution < -0.4 is 5.73 Å². The predicted molar refractivity (Wildman–Crippen MR) is 59.0 cm³/mol. The Morgan fingerprint density at radius 2 is 2.20 bits per heavy atom. The monoisotopic (exact) mass is 236 g/mol. The third-order valence-corrected chi connectivity index (χ3v) is 4.83. The molecule has 1 heterocycles. The summed E-state index contributed by atoms with van der Waals surface area (Å²) in [6.45, 7) is 3.27. The molecule has 90 valence electrons. The summed E-state index contributed by atoms with van der Waals surface area (Å²) in [5.74, 6) is 0.402. The van der Waals surface area contributed by atoms with Gasteiger partial charge in [0, 0.05) is 26.2 Å². The molecule has 1 fully saturated rings. The third kappa shape index (κ3) is 2.90. The van der Waals surface area contributed by atoms with E-state index in [1.165, 1.54) is 11.4 Å². The molecular weight excluding hydrogens is 216 g/mol. The third-order valence-electron chi connectivity index (χ3n) is 2.98. The molecule has 2 atom stereocenters. The standard InChI is InChI=1S/C9H20N2O3S/c1-8-3-4-11(9(8)7-10)15(12,13)6-5-14-2/h8-9H,3-7,10H2,1-2H3. The molecule has 6 heteroatoms. The highest BCUT2D eigenvalue weighted by Crippen LogP contribution is 2.25. The first kappa shape index (κ1) is 12.9. The van der Waals surface area contributed by atoms with Crippen LogP contribution in [0.1, 0.15) is 13.3 Å². The minimum atomic E-state index is -3.19. The van der Waals surface area contributed by atoms with E-state index in [0.717, 1.165) is 6.42 Å². The van der Waals surface area contributed by atoms with Crippen LogP contribution in [0.25, 0.3) is 0 Å². The van der Waals surface area contributed by atoms with Crippen LogP contribution in [0.15, 0.2) is 0 Å². The first-order valence-electron chi connectivity index (χ1n) is 5.21. The minimum Gasteiger partial charge on any atom is -0.384 e. The topological polar surface area (TPSA) is 72.6 Å². The van der Waals surface area contributed by atoms with E-state index in [9.17, 15) is 8.42 Å². The zero-order chi connectivity index (χ0) is 11.5. The lowest BCUT2D eigenvalue weighted by molar-refractivity contribution is 0.215. The lowest BCUT2D eigenvalue weighted by Gasteiger charge is -2.24. The van der Waals surface area contributed by atoms with Gasteiger partial charge in [-0.2, -0.15) is 4.31 Å². The van der Waals surface area contributed by atoms with Gasteiger partial charge in [-0.05, 0) is 12.3 Å². The first-order chi connectivity index (χ1) is 7.03. The fraction of sp³-hybridized carbons (Fsp3) is 1.00. The van der Waals surface area contributed by atoms with Gasteiger partial charge in [0.05, 0.1) is 12.4 Å². The van der Waals surface area contributed by atoms with Gasteiger partial charge in [-0.25, -0.2) is 8.42 Å². The second-order valence-electron chi connectivity index (χ2n) is 3.99. The van der Waals surface area contributed by atoms with E-state index in [2.05, 4.69) is 0 Å². The first-order valence-corrected chi connectivity index (χ1v) is 6.82. The second kappa shape index (κ2) is 5.25. The molecule has 1 rings (SSSR count). The molecule has 0 aromatic carbocycles. The summed E-state index contributed by atoms with van der Waals surface area (Å²) in [7, 11) is -1.69. The van der Waals surface area contributed by atoms with Gasteiger partial charge in [-0.15, -0.1) is 0 Å². The van der Waals surface area contributed by atoms with Crippen molar-refractivity contribution in [1.29, 1.82) is 0 Å². The summed E-state index contributed by atoms with van der Waals surface area (Å²) in [5, 5.41) is 0. The second-order valence-corrected chi connectivity index (χ2v) is 6.03. The zero-order valence-electron chi connectivity index (χ0n) is 9.35. The highest BCUT2D eigenvalue weighted by Gasteiger charge is 2.37. The molecule has 0 saturated carbocycles. The van der Waals surface area contributed by atoms with Crippen molar-refractivity contribution in [3.05, 3.63) is 0 Å². The van der Waals surface area contributed by atoms with Gasteiger partial charge in [-0.3, -0.25) is 0 Å². The SMILES string of the molecule is COCCS(=O)(=O)N1CCC(C)C1CN. The summed E-state index contributed by atoms with van der Waals surface area (Å²) in [6.07, 6.45) is 0.897. The maximum atomic E-state index is 11.9. The Morgan fingerprint density at radius 1 is 1.53 bits per heavy atom. The fourth-order valence-corrected chi connectivity index (χ4v) is 3.68. The number of hydrogen-bond donors (Lipinski definition) is 1. The Kier molecular flexibility index (Phi) is 4.51. The smallest absolute Gasteiger partial charge is 0.216 e. The van der Waals surface area contributed by atoms with Crippen molar-refractivity contribution in [2.45, 2.75) is 19.4 Å². The molecular formula is C9H20N2O3S. The summed E-state index contributed by atoms with van der Waals surface area (Å²) in [4.78, 5) is 0. The van der Waals surface area contributed by atoms with Crippen LogP contribution in [-0.4, -0.2) is 51.3 Å². The van der Waals surface area contributed by atoms with Gasteiger partial charge < -0.3 is 10.5 Å². The Balaban J connectivity index is 2.70. The predicted octanol–water partition coefficient (Wildman–Crippen LogP) is -0.368. The van der Waals surface area contributed by atoms with Gasteiger partial charge in [-0.1, -0.05) is 6.92 Å². The molecule has 5 nitrogen and oxygen atoms in total. The summed E-state index contributed by atoms with van der Waals surface area (Å²) in [5.41, 5.74) is 5.60. The molecule has 0 spiro atoms. The Bertz CT molecular complexity index is 292. The number of hydrogen-bond acceptors (Lipinski definition) is 4. The van der Waals surface area contributed by atoms with Crippen LogP contribution in [0.5, 0.6) is 0 Å². The summed E-state index contributed by atoms with van der Waals surface area (Å²) < 4.78 is 30.1. The number of sulfonamides is 1. The molecule has 0 aliphatic carbocycles. The number of ether oxygens (including phenoxy) is 1. The van der Waals surface area contributed by atoms with Crippen LogP contribution in [0.4, 0.5) is 0 Å². The van der Waals surface area contributed by atoms with Crippen molar-refractivity contribution < 1.29 is 13.2 Å². The maximum Gasteiger partial charge on any atom is 0.216 e. The summed E-state index contributed by atoms with van der Waals surface area (Å²) in [6, 6.07) is -0.0353. The van der Waals surface area contributed by atoms with Crippen molar-refractivity contribution >= 4 is 10.0 Å². The minimum absolute atomic E-state index is 0.0353. The summed E-state index contributed by atoms with van der Waals surface area (Å²) >= 11 is 0. The molecule has 0 bridgehead atoms. The number of rotatable bonds is 5. The molecule has 1 saturated heterocycles. The Labute approximate surface area is 91.6 Å². The van der Waals surface area contributed by atoms with Gasteiger partial charge in [0.15, 0.2) is 0 Å². The average molecular weight is 236 g/mol. The van der Waals surface area contributed by atoms with Crippen molar-refractivity contribution in [3.63, 3.8) is 0 Å². The molecule has 0 radical (unpaired) electrons. The van der Waals surface area contributed by atoms with Gasteiger partial charge in [0.1, 0.15) is 0 Å². The molecule has 1 aliphatic heterocycles. The van der Waals surface area contributed by atoms with E-state index in [4.69, 9.17) is 10.5 Å². The van der Waals surface area contributed by atoms with Crippen molar-refractivity contribution in [2.24, 2.45) is 11.7 Å². The Hall–Kier alpha value is -0.170. The van der Waals surface area contributed by atoms with Crippen LogP contribution in [0.2, 0.25) is 0 Å². The number of nitrogens with zero attached hydrogens (tertiary/aromatic N) is 1. The van der Waals surface area contributed by atoms with E-state index in [1.54, 1.807) is 0 Å². The number of nitrogens with two attached hydrogens (primary N) is 1. The van der Waals surface area contributed by atoms with Crippen LogP contribution in [0.3, 0.4) is 0 Å². The van der Waals surface area contributed by atoms with Crippen LogP contribution in [-0.2, 0) is 14.8 Å². The molecule has 1 aliphatic rings. The van der Waals surface area contributed by atoms with Crippen LogP contribution in [0, 0.1) is 5.92 Å². The number of methoxy groups -OCH3 is 1. The Morgan fingerprint density at radius 3 is 2.73 bits per heavy atom. The fourth-order valence-electron chi connectivity index (χ4n) is 1.97. The van der Waals surface area contributed by atoms with Gasteiger partial charge >= 0.3 is 0 Å². The average Bonchev–Trinajstić information content (AvgIpc) is 2.57. The molecule has 15 heavy (non-hydrogen) atoms. The van der Waals surface area contributed by atoms with Crippen molar-refractivity contribution in [2.75, 3.05) is 32.6 Å². The van der Waals surface area contributed by atoms with E-state index < -0.39 is 10.0 Å². The zero-order valence-corrected chi connectivity index (χ0v) is 10.2. The van der Waals surface area contributed by atoms with E-state index in [-0.39, 0.29) is 18.4 Å². The highest BCUT2D eigenvalue weighted by molar-refractivity contribution is 7.89. The van der Waals surface area contributed by atoms with Gasteiger partial charge in [0.25, 0.3) is 0 Å². The lowest BCUT2D eigenvalue weighted by Crippen LogP contribution is -2.43. The van der Waals surface area contributed by atoms with Crippen LogP contribution >= 0.6 is 0 Å². The van der Waals surface area contributed by atoms with E-state index >= 15 is 0 Å². The van der Waals surface area contributed by atoms with Crippen molar-refractivity contribution in [3.8, 4) is 0 Å². The normalized spacial score (nSPS) is 28.5.